The first kappa shape index (κ1) is 19.4. The van der Waals surface area contributed by atoms with Crippen molar-refractivity contribution >= 4 is 17.9 Å². The number of esters is 3. The molecule has 0 heterocycles. The van der Waals surface area contributed by atoms with Crippen molar-refractivity contribution in [2.45, 2.75) is 44.4 Å². The van der Waals surface area contributed by atoms with E-state index >= 15 is 0 Å². The number of carbonyl (C=O) groups is 3. The summed E-state index contributed by atoms with van der Waals surface area (Å²) in [6.45, 7) is 3.97. The van der Waals surface area contributed by atoms with Gasteiger partial charge in [-0.05, 0) is 48.4 Å². The van der Waals surface area contributed by atoms with Gasteiger partial charge in [-0.25, -0.2) is 4.79 Å². The van der Waals surface area contributed by atoms with E-state index in [-0.39, 0.29) is 17.3 Å². The second-order valence-corrected chi connectivity index (χ2v) is 7.95. The average Bonchev–Trinajstić information content (AvgIpc) is 2.95. The molecule has 27 heavy (non-hydrogen) atoms. The number of carbonyl (C=O) groups excluding carboxylic acids is 3. The predicted octanol–water partition coefficient (Wildman–Crippen LogP) is 2.98. The monoisotopic (exact) mass is 374 g/mol. The minimum absolute atomic E-state index is 0.304. The predicted molar refractivity (Wildman–Crippen MR) is 97.4 cm³/mol. The normalized spacial score (nSPS) is 31.4. The molecule has 1 aromatic carbocycles. The lowest BCUT2D eigenvalue weighted by Crippen LogP contribution is -2.51. The van der Waals surface area contributed by atoms with Crippen molar-refractivity contribution in [1.82, 2.24) is 0 Å². The molecule has 4 atom stereocenters. The molecule has 1 saturated carbocycles. The van der Waals surface area contributed by atoms with Crippen LogP contribution in [0.5, 0.6) is 0 Å². The van der Waals surface area contributed by atoms with Crippen molar-refractivity contribution in [2.75, 3.05) is 21.3 Å². The molecule has 3 rings (SSSR count). The summed E-state index contributed by atoms with van der Waals surface area (Å²) in [4.78, 5) is 37.6. The Hall–Kier alpha value is -2.37. The fraction of sp³-hybridized carbons (Fsp3) is 0.571. The maximum atomic E-state index is 12.8. The first-order valence-corrected chi connectivity index (χ1v) is 9.13. The van der Waals surface area contributed by atoms with Gasteiger partial charge in [0, 0.05) is 5.92 Å². The van der Waals surface area contributed by atoms with E-state index in [1.807, 2.05) is 13.0 Å². The molecule has 6 heteroatoms. The summed E-state index contributed by atoms with van der Waals surface area (Å²) in [5, 5.41) is 0. The van der Waals surface area contributed by atoms with E-state index < -0.39 is 23.3 Å². The van der Waals surface area contributed by atoms with E-state index in [1.54, 1.807) is 12.1 Å². The summed E-state index contributed by atoms with van der Waals surface area (Å²) >= 11 is 0. The lowest BCUT2D eigenvalue weighted by atomic mass is 9.54. The molecule has 2 aliphatic carbocycles. The summed E-state index contributed by atoms with van der Waals surface area (Å²) in [6.07, 6.45) is 2.35. The maximum absolute atomic E-state index is 12.8. The number of hydrogen-bond acceptors (Lipinski definition) is 6. The fourth-order valence-corrected chi connectivity index (χ4v) is 5.49. The Bertz CT molecular complexity index is 800. The zero-order chi connectivity index (χ0) is 20.0. The molecule has 1 aromatic rings. The highest BCUT2D eigenvalue weighted by Gasteiger charge is 2.63. The number of ether oxygens (including phenoxy) is 3. The number of methoxy groups -OCH3 is 3. The molecule has 0 amide bonds. The van der Waals surface area contributed by atoms with Crippen LogP contribution in [-0.2, 0) is 29.2 Å². The minimum Gasteiger partial charge on any atom is -0.469 e. The third-order valence-corrected chi connectivity index (χ3v) is 6.63. The van der Waals surface area contributed by atoms with E-state index in [0.29, 0.717) is 12.0 Å². The first-order chi connectivity index (χ1) is 12.7. The highest BCUT2D eigenvalue weighted by molar-refractivity contribution is 5.91. The quantitative estimate of drug-likeness (QED) is 0.598. The van der Waals surface area contributed by atoms with Crippen molar-refractivity contribution in [3.05, 3.63) is 34.9 Å². The van der Waals surface area contributed by atoms with Crippen molar-refractivity contribution in [3.63, 3.8) is 0 Å². The van der Waals surface area contributed by atoms with E-state index in [1.165, 1.54) is 21.3 Å². The molecule has 0 bridgehead atoms. The van der Waals surface area contributed by atoms with Gasteiger partial charge in [0.15, 0.2) is 0 Å². The summed E-state index contributed by atoms with van der Waals surface area (Å²) in [7, 11) is 4.05. The topological polar surface area (TPSA) is 78.9 Å². The zero-order valence-corrected chi connectivity index (χ0v) is 16.5. The van der Waals surface area contributed by atoms with Crippen LogP contribution in [0.1, 0.15) is 60.5 Å². The largest absolute Gasteiger partial charge is 0.469 e. The zero-order valence-electron chi connectivity index (χ0n) is 16.5. The van der Waals surface area contributed by atoms with Gasteiger partial charge < -0.3 is 14.2 Å². The molecule has 1 fully saturated rings. The van der Waals surface area contributed by atoms with Crippen molar-refractivity contribution in [2.24, 2.45) is 11.3 Å². The summed E-state index contributed by atoms with van der Waals surface area (Å²) < 4.78 is 15.1. The van der Waals surface area contributed by atoms with Crippen LogP contribution < -0.4 is 0 Å². The molecule has 0 spiro atoms. The average molecular weight is 374 g/mol. The lowest BCUT2D eigenvalue weighted by molar-refractivity contribution is -0.164. The van der Waals surface area contributed by atoms with Gasteiger partial charge >= 0.3 is 17.9 Å². The minimum atomic E-state index is -0.814. The van der Waals surface area contributed by atoms with Gasteiger partial charge in [-0.15, -0.1) is 0 Å². The van der Waals surface area contributed by atoms with Gasteiger partial charge in [0.1, 0.15) is 0 Å². The first-order valence-electron chi connectivity index (χ1n) is 9.13. The van der Waals surface area contributed by atoms with Crippen LogP contribution in [-0.4, -0.2) is 39.2 Å². The lowest BCUT2D eigenvalue weighted by Gasteiger charge is -2.48. The Morgan fingerprint density at radius 1 is 1.00 bits per heavy atom. The molecule has 6 nitrogen and oxygen atoms in total. The molecular formula is C21H26O6. The van der Waals surface area contributed by atoms with E-state index in [0.717, 1.165) is 24.0 Å². The van der Waals surface area contributed by atoms with E-state index in [9.17, 15) is 14.4 Å². The summed E-state index contributed by atoms with van der Waals surface area (Å²) in [6, 6.07) is 5.32. The van der Waals surface area contributed by atoms with Crippen molar-refractivity contribution in [3.8, 4) is 0 Å². The number of fused-ring (bicyclic) bond motifs is 3. The van der Waals surface area contributed by atoms with Gasteiger partial charge in [0.05, 0.1) is 38.2 Å². The Morgan fingerprint density at radius 2 is 1.70 bits per heavy atom. The number of rotatable bonds is 3. The Labute approximate surface area is 159 Å². The standard InChI is InChI=1S/C21H26O6/c1-20-9-6-10-21(2,19(24)27-5)16(20)15(18(23)26-4)13-11-12(17(22)25-3)7-8-14(13)20/h7-8,11,15-16H,6,9-10H2,1-5H3/t15-,16-,20-,21+/m0/s1. The summed E-state index contributed by atoms with van der Waals surface area (Å²) in [5.41, 5.74) is 0.918. The maximum Gasteiger partial charge on any atom is 0.337 e. The summed E-state index contributed by atoms with van der Waals surface area (Å²) in [5.74, 6) is -2.11. The highest BCUT2D eigenvalue weighted by atomic mass is 16.5. The van der Waals surface area contributed by atoms with Gasteiger partial charge in [0.2, 0.25) is 0 Å². The Balaban J connectivity index is 2.24. The van der Waals surface area contributed by atoms with E-state index in [2.05, 4.69) is 6.92 Å². The second kappa shape index (κ2) is 6.66. The molecule has 0 aromatic heterocycles. The third kappa shape index (κ3) is 2.65. The molecule has 0 unspecified atom stereocenters. The van der Waals surface area contributed by atoms with Crippen LogP contribution in [0.15, 0.2) is 18.2 Å². The van der Waals surface area contributed by atoms with Crippen molar-refractivity contribution in [1.29, 1.82) is 0 Å². The number of hydrogen-bond donors (Lipinski definition) is 0. The van der Waals surface area contributed by atoms with Gasteiger partial charge in [-0.2, -0.15) is 0 Å². The van der Waals surface area contributed by atoms with Crippen molar-refractivity contribution < 1.29 is 28.6 Å². The third-order valence-electron chi connectivity index (χ3n) is 6.63. The SMILES string of the molecule is COC(=O)c1ccc2c(c1)[C@H](C(=O)OC)[C@@H]1[C@](C)(C(=O)OC)CCC[C@@]21C. The second-order valence-electron chi connectivity index (χ2n) is 7.95. The highest BCUT2D eigenvalue weighted by Crippen LogP contribution is 2.63. The molecule has 0 saturated heterocycles. The van der Waals surface area contributed by atoms with Crippen LogP contribution in [0.4, 0.5) is 0 Å². The van der Waals surface area contributed by atoms with Gasteiger partial charge in [0.25, 0.3) is 0 Å². The van der Waals surface area contributed by atoms with Crippen LogP contribution in [0, 0.1) is 11.3 Å². The van der Waals surface area contributed by atoms with Gasteiger partial charge in [-0.3, -0.25) is 9.59 Å². The molecule has 0 radical (unpaired) electrons. The Morgan fingerprint density at radius 3 is 2.30 bits per heavy atom. The van der Waals surface area contributed by atoms with Crippen LogP contribution in [0.2, 0.25) is 0 Å². The van der Waals surface area contributed by atoms with Crippen LogP contribution >= 0.6 is 0 Å². The van der Waals surface area contributed by atoms with Crippen LogP contribution in [0.3, 0.4) is 0 Å². The molecule has 0 aliphatic heterocycles. The van der Waals surface area contributed by atoms with E-state index in [4.69, 9.17) is 14.2 Å². The Kier molecular flexibility index (Phi) is 4.78. The molecule has 2 aliphatic rings. The smallest absolute Gasteiger partial charge is 0.337 e. The van der Waals surface area contributed by atoms with Gasteiger partial charge in [-0.1, -0.05) is 19.4 Å². The molecule has 0 N–H and O–H groups in total. The number of benzene rings is 1. The fourth-order valence-electron chi connectivity index (χ4n) is 5.49. The van der Waals surface area contributed by atoms with Crippen LogP contribution in [0.25, 0.3) is 0 Å². The molecule has 146 valence electrons. The molecular weight excluding hydrogens is 348 g/mol.